The van der Waals surface area contributed by atoms with Crippen LogP contribution in [0.5, 0.6) is 11.5 Å². The molecule has 0 bridgehead atoms. The van der Waals surface area contributed by atoms with E-state index in [0.29, 0.717) is 36.3 Å². The van der Waals surface area contributed by atoms with Crippen LogP contribution in [-0.4, -0.2) is 23.4 Å². The molecule has 7 heteroatoms. The maximum Gasteiger partial charge on any atom is 0.205 e. The maximum absolute atomic E-state index is 6.27. The van der Waals surface area contributed by atoms with Crippen LogP contribution in [0.2, 0.25) is 5.02 Å². The zero-order chi connectivity index (χ0) is 14.7. The predicted molar refractivity (Wildman–Crippen MR) is 83.7 cm³/mol. The molecule has 0 unspecified atom stereocenters. The lowest BCUT2D eigenvalue weighted by molar-refractivity contribution is 0.297. The van der Waals surface area contributed by atoms with Gasteiger partial charge in [-0.05, 0) is 24.1 Å². The van der Waals surface area contributed by atoms with Crippen LogP contribution < -0.4 is 14.8 Å². The minimum atomic E-state index is 0.581. The number of hydrogen-bond donors (Lipinski definition) is 1. The highest BCUT2D eigenvalue weighted by molar-refractivity contribution is 7.15. The Hall–Kier alpha value is -1.53. The lowest BCUT2D eigenvalue weighted by Crippen LogP contribution is -2.01. The number of nitrogens with zero attached hydrogens (tertiary/aromatic N) is 2. The van der Waals surface area contributed by atoms with Crippen molar-refractivity contribution in [2.45, 2.75) is 26.3 Å². The molecule has 21 heavy (non-hydrogen) atoms. The highest BCUT2D eigenvalue weighted by Gasteiger charge is 2.15. The molecular weight excluding hydrogens is 310 g/mol. The molecule has 112 valence electrons. The fourth-order valence-corrected chi connectivity index (χ4v) is 2.99. The van der Waals surface area contributed by atoms with Gasteiger partial charge < -0.3 is 14.8 Å². The molecule has 0 atom stereocenters. The molecule has 0 saturated carbocycles. The summed E-state index contributed by atoms with van der Waals surface area (Å²) in [5, 5.41) is 13.9. The summed E-state index contributed by atoms with van der Waals surface area (Å²) in [6.45, 7) is 3.97. The van der Waals surface area contributed by atoms with Crippen molar-refractivity contribution >= 4 is 28.1 Å². The van der Waals surface area contributed by atoms with Gasteiger partial charge in [-0.15, -0.1) is 10.2 Å². The van der Waals surface area contributed by atoms with E-state index in [9.17, 15) is 0 Å². The first-order valence-corrected chi connectivity index (χ1v) is 8.10. The van der Waals surface area contributed by atoms with Gasteiger partial charge in [0.2, 0.25) is 5.13 Å². The fourth-order valence-electron chi connectivity index (χ4n) is 2.03. The minimum absolute atomic E-state index is 0.581. The number of aromatic nitrogens is 2. The second kappa shape index (κ2) is 6.49. The molecule has 1 aliphatic heterocycles. The van der Waals surface area contributed by atoms with E-state index in [2.05, 4.69) is 22.4 Å². The third-order valence-corrected chi connectivity index (χ3v) is 4.38. The van der Waals surface area contributed by atoms with Crippen molar-refractivity contribution in [3.05, 3.63) is 27.7 Å². The van der Waals surface area contributed by atoms with Crippen molar-refractivity contribution in [1.82, 2.24) is 10.2 Å². The normalized spacial score (nSPS) is 13.8. The van der Waals surface area contributed by atoms with Crippen molar-refractivity contribution in [3.63, 3.8) is 0 Å². The molecule has 0 spiro atoms. The summed E-state index contributed by atoms with van der Waals surface area (Å²) in [5.74, 6) is 1.35. The first-order valence-electron chi connectivity index (χ1n) is 6.90. The maximum atomic E-state index is 6.27. The summed E-state index contributed by atoms with van der Waals surface area (Å²) in [6.07, 6.45) is 1.76. The van der Waals surface area contributed by atoms with E-state index in [-0.39, 0.29) is 0 Å². The number of ether oxygens (including phenoxy) is 2. The molecule has 2 aromatic rings. The third-order valence-electron chi connectivity index (χ3n) is 3.07. The van der Waals surface area contributed by atoms with Gasteiger partial charge in [0, 0.05) is 13.0 Å². The molecule has 0 aliphatic carbocycles. The van der Waals surface area contributed by atoms with E-state index >= 15 is 0 Å². The molecule has 0 fully saturated rings. The summed E-state index contributed by atoms with van der Waals surface area (Å²) in [6, 6.07) is 3.85. The van der Waals surface area contributed by atoms with E-state index < -0.39 is 0 Å². The first-order chi connectivity index (χ1) is 10.3. The molecule has 5 nitrogen and oxygen atoms in total. The van der Waals surface area contributed by atoms with E-state index in [0.717, 1.165) is 28.5 Å². The SMILES string of the molecule is CCc1nnc(NCc2cc(Cl)c3c(c2)OCCCO3)s1. The average molecular weight is 326 g/mol. The van der Waals surface area contributed by atoms with Gasteiger partial charge in [-0.2, -0.15) is 0 Å². The molecular formula is C14H16ClN3O2S. The standard InChI is InChI=1S/C14H16ClN3O2S/c1-2-12-17-18-14(21-12)16-8-9-6-10(15)13-11(7-9)19-4-3-5-20-13/h6-7H,2-5,8H2,1H3,(H,16,18). The largest absolute Gasteiger partial charge is 0.489 e. The molecule has 1 aliphatic rings. The molecule has 2 heterocycles. The van der Waals surface area contributed by atoms with Crippen molar-refractivity contribution in [3.8, 4) is 11.5 Å². The Balaban J connectivity index is 1.73. The van der Waals surface area contributed by atoms with E-state index in [1.807, 2.05) is 12.1 Å². The third kappa shape index (κ3) is 3.39. The van der Waals surface area contributed by atoms with Crippen LogP contribution in [0.25, 0.3) is 0 Å². The topological polar surface area (TPSA) is 56.3 Å². The summed E-state index contributed by atoms with van der Waals surface area (Å²) < 4.78 is 11.3. The highest BCUT2D eigenvalue weighted by atomic mass is 35.5. The number of nitrogens with one attached hydrogen (secondary N) is 1. The van der Waals surface area contributed by atoms with Gasteiger partial charge in [0.15, 0.2) is 11.5 Å². The highest BCUT2D eigenvalue weighted by Crippen LogP contribution is 2.38. The van der Waals surface area contributed by atoms with Crippen LogP contribution in [0.3, 0.4) is 0 Å². The smallest absolute Gasteiger partial charge is 0.205 e. The molecule has 1 aromatic heterocycles. The van der Waals surface area contributed by atoms with Crippen LogP contribution in [0.4, 0.5) is 5.13 Å². The zero-order valence-corrected chi connectivity index (χ0v) is 13.3. The van der Waals surface area contributed by atoms with Crippen LogP contribution in [-0.2, 0) is 13.0 Å². The number of anilines is 1. The van der Waals surface area contributed by atoms with Crippen LogP contribution in [0.15, 0.2) is 12.1 Å². The molecule has 0 amide bonds. The second-order valence-electron chi connectivity index (χ2n) is 4.66. The van der Waals surface area contributed by atoms with Gasteiger partial charge in [0.25, 0.3) is 0 Å². The van der Waals surface area contributed by atoms with Gasteiger partial charge in [-0.1, -0.05) is 29.9 Å². The van der Waals surface area contributed by atoms with Gasteiger partial charge in [0.1, 0.15) is 5.01 Å². The minimum Gasteiger partial charge on any atom is -0.489 e. The first kappa shape index (κ1) is 14.4. The van der Waals surface area contributed by atoms with Crippen LogP contribution in [0.1, 0.15) is 23.9 Å². The Morgan fingerprint density at radius 1 is 1.29 bits per heavy atom. The summed E-state index contributed by atoms with van der Waals surface area (Å²) in [7, 11) is 0. The van der Waals surface area contributed by atoms with Crippen molar-refractivity contribution in [2.24, 2.45) is 0 Å². The monoisotopic (exact) mass is 325 g/mol. The van der Waals surface area contributed by atoms with Crippen LogP contribution in [0, 0.1) is 0 Å². The van der Waals surface area contributed by atoms with E-state index in [1.54, 1.807) is 11.3 Å². The van der Waals surface area contributed by atoms with Gasteiger partial charge >= 0.3 is 0 Å². The summed E-state index contributed by atoms with van der Waals surface area (Å²) in [5.41, 5.74) is 1.03. The quantitative estimate of drug-likeness (QED) is 0.932. The zero-order valence-electron chi connectivity index (χ0n) is 11.7. The summed E-state index contributed by atoms with van der Waals surface area (Å²) >= 11 is 7.84. The molecule has 0 saturated heterocycles. The number of hydrogen-bond acceptors (Lipinski definition) is 6. The van der Waals surface area contributed by atoms with Gasteiger partial charge in [-0.3, -0.25) is 0 Å². The molecule has 1 aromatic carbocycles. The molecule has 3 rings (SSSR count). The lowest BCUT2D eigenvalue weighted by Gasteiger charge is -2.11. The Morgan fingerprint density at radius 2 is 2.14 bits per heavy atom. The van der Waals surface area contributed by atoms with E-state index in [1.165, 1.54) is 0 Å². The van der Waals surface area contributed by atoms with E-state index in [4.69, 9.17) is 21.1 Å². The van der Waals surface area contributed by atoms with Crippen molar-refractivity contribution in [2.75, 3.05) is 18.5 Å². The lowest BCUT2D eigenvalue weighted by atomic mass is 10.2. The van der Waals surface area contributed by atoms with Gasteiger partial charge in [-0.25, -0.2) is 0 Å². The number of rotatable bonds is 4. The fraction of sp³-hybridized carbons (Fsp3) is 0.429. The van der Waals surface area contributed by atoms with Crippen molar-refractivity contribution < 1.29 is 9.47 Å². The van der Waals surface area contributed by atoms with Crippen molar-refractivity contribution in [1.29, 1.82) is 0 Å². The second-order valence-corrected chi connectivity index (χ2v) is 6.13. The van der Waals surface area contributed by atoms with Gasteiger partial charge in [0.05, 0.1) is 18.2 Å². The number of fused-ring (bicyclic) bond motifs is 1. The Kier molecular flexibility index (Phi) is 4.45. The predicted octanol–water partition coefficient (Wildman–Crippen LogP) is 3.53. The molecule has 0 radical (unpaired) electrons. The Labute approximate surface area is 132 Å². The average Bonchev–Trinajstić information content (AvgIpc) is 2.82. The number of halogens is 1. The Morgan fingerprint density at radius 3 is 2.95 bits per heavy atom. The number of aryl methyl sites for hydroxylation is 1. The van der Waals surface area contributed by atoms with Crippen LogP contribution >= 0.6 is 22.9 Å². The Bertz CT molecular complexity index is 633. The number of benzene rings is 1. The summed E-state index contributed by atoms with van der Waals surface area (Å²) in [4.78, 5) is 0. The molecule has 1 N–H and O–H groups in total.